The number of likely N-dealkylation sites (N-methyl/N-ethyl adjacent to an activating group) is 1. The van der Waals surface area contributed by atoms with Gasteiger partial charge in [-0.3, -0.25) is 4.98 Å². The van der Waals surface area contributed by atoms with E-state index < -0.39 is 5.97 Å². The summed E-state index contributed by atoms with van der Waals surface area (Å²) in [6.45, 7) is 1.84. The monoisotopic (exact) mass is 420 g/mol. The molecule has 3 N–H and O–H groups in total. The molecule has 0 atom stereocenters. The van der Waals surface area contributed by atoms with Gasteiger partial charge in [-0.1, -0.05) is 12.1 Å². The molecule has 0 bridgehead atoms. The van der Waals surface area contributed by atoms with Crippen LogP contribution in [0.3, 0.4) is 0 Å². The average Bonchev–Trinajstić information content (AvgIpc) is 3.04. The predicted molar refractivity (Wildman–Crippen MR) is 117 cm³/mol. The Balaban J connectivity index is 1.74. The van der Waals surface area contributed by atoms with E-state index in [1.165, 1.54) is 6.07 Å². The van der Waals surface area contributed by atoms with Gasteiger partial charge in [0.05, 0.1) is 17.0 Å². The number of nitrogens with zero attached hydrogens (tertiary/aromatic N) is 3. The van der Waals surface area contributed by atoms with Gasteiger partial charge in [0.1, 0.15) is 5.82 Å². The van der Waals surface area contributed by atoms with E-state index in [1.807, 2.05) is 24.7 Å². The lowest BCUT2D eigenvalue weighted by atomic mass is 9.75. The molecular formula is C24H25FN4O2. The zero-order valence-corrected chi connectivity index (χ0v) is 17.7. The van der Waals surface area contributed by atoms with Crippen molar-refractivity contribution in [1.29, 1.82) is 0 Å². The highest BCUT2D eigenvalue weighted by molar-refractivity contribution is 5.95. The molecule has 1 aromatic carbocycles. The van der Waals surface area contributed by atoms with Crippen molar-refractivity contribution in [1.82, 2.24) is 14.5 Å². The Morgan fingerprint density at radius 3 is 2.61 bits per heavy atom. The minimum absolute atomic E-state index is 0.329. The van der Waals surface area contributed by atoms with Crippen LogP contribution >= 0.6 is 0 Å². The molecule has 0 saturated carbocycles. The van der Waals surface area contributed by atoms with Crippen molar-refractivity contribution >= 4 is 5.97 Å². The number of aromatic nitrogens is 2. The molecule has 3 aromatic rings. The third-order valence-electron chi connectivity index (χ3n) is 6.78. The number of carboxylic acid groups (broad SMARTS) is 1. The van der Waals surface area contributed by atoms with Crippen molar-refractivity contribution in [2.24, 2.45) is 12.8 Å². The van der Waals surface area contributed by atoms with E-state index in [-0.39, 0.29) is 11.2 Å². The number of fused-ring (bicyclic) bond motifs is 3. The van der Waals surface area contributed by atoms with Crippen LogP contribution in [0.2, 0.25) is 0 Å². The Morgan fingerprint density at radius 2 is 1.97 bits per heavy atom. The maximum atomic E-state index is 14.4. The van der Waals surface area contributed by atoms with Crippen LogP contribution in [-0.2, 0) is 25.3 Å². The van der Waals surface area contributed by atoms with Crippen molar-refractivity contribution in [2.75, 3.05) is 26.7 Å². The summed E-state index contributed by atoms with van der Waals surface area (Å²) in [5.74, 6) is -1.24. The van der Waals surface area contributed by atoms with Crippen LogP contribution in [0, 0.1) is 5.82 Å². The van der Waals surface area contributed by atoms with E-state index in [9.17, 15) is 14.3 Å². The van der Waals surface area contributed by atoms with E-state index >= 15 is 0 Å². The summed E-state index contributed by atoms with van der Waals surface area (Å²) in [4.78, 5) is 19.1. The molecule has 2 aromatic heterocycles. The quantitative estimate of drug-likeness (QED) is 0.678. The standard InChI is InChI=1S/C24H25FN4O2/c1-28-12-24(11-26,13-28)22-20(23(30)31)16-8-7-14-10-27-19(9-17(14)21(16)29(22)2)15-5-3-4-6-18(15)25/h3-6,9-10H,7-8,11-13,26H2,1-2H3,(H,30,31). The van der Waals surface area contributed by atoms with Gasteiger partial charge in [-0.25, -0.2) is 9.18 Å². The van der Waals surface area contributed by atoms with E-state index in [0.29, 0.717) is 36.2 Å². The SMILES string of the molecule is CN1CC(CN)(c2c(C(=O)O)c3c(n2C)-c2cc(-c4ccccc4F)ncc2CC3)C1. The molecule has 2 aliphatic rings. The molecule has 160 valence electrons. The Morgan fingerprint density at radius 1 is 1.23 bits per heavy atom. The number of aromatic carboxylic acids is 1. The summed E-state index contributed by atoms with van der Waals surface area (Å²) in [5, 5.41) is 10.2. The number of rotatable bonds is 4. The van der Waals surface area contributed by atoms with E-state index in [2.05, 4.69) is 9.88 Å². The fraction of sp³-hybridized carbons (Fsp3) is 0.333. The minimum atomic E-state index is -0.916. The highest BCUT2D eigenvalue weighted by atomic mass is 19.1. The predicted octanol–water partition coefficient (Wildman–Crippen LogP) is 2.83. The zero-order chi connectivity index (χ0) is 21.9. The molecule has 0 radical (unpaired) electrons. The lowest BCUT2D eigenvalue weighted by Gasteiger charge is -2.48. The van der Waals surface area contributed by atoms with Gasteiger partial charge in [0, 0.05) is 55.1 Å². The van der Waals surface area contributed by atoms with Crippen LogP contribution in [-0.4, -0.2) is 52.2 Å². The third kappa shape index (κ3) is 2.84. The molecule has 0 amide bonds. The number of aryl methyl sites for hydroxylation is 1. The number of nitrogens with two attached hydrogens (primary N) is 1. The molecule has 1 aliphatic carbocycles. The van der Waals surface area contributed by atoms with Gasteiger partial charge in [0.2, 0.25) is 0 Å². The van der Waals surface area contributed by atoms with Crippen LogP contribution in [0.4, 0.5) is 4.39 Å². The summed E-state index contributed by atoms with van der Waals surface area (Å²) in [6, 6.07) is 8.46. The first-order valence-electron chi connectivity index (χ1n) is 10.4. The molecule has 3 heterocycles. The summed E-state index contributed by atoms with van der Waals surface area (Å²) in [7, 11) is 3.94. The average molecular weight is 420 g/mol. The first-order chi connectivity index (χ1) is 14.9. The van der Waals surface area contributed by atoms with Crippen molar-refractivity contribution in [2.45, 2.75) is 18.3 Å². The van der Waals surface area contributed by atoms with Gasteiger partial charge in [-0.2, -0.15) is 0 Å². The number of hydrogen-bond acceptors (Lipinski definition) is 4. The molecule has 6 nitrogen and oxygen atoms in total. The van der Waals surface area contributed by atoms with Gasteiger partial charge in [-0.05, 0) is 49.2 Å². The highest BCUT2D eigenvalue weighted by Gasteiger charge is 2.47. The zero-order valence-electron chi connectivity index (χ0n) is 17.7. The van der Waals surface area contributed by atoms with Crippen LogP contribution in [0.5, 0.6) is 0 Å². The second kappa shape index (κ2) is 7.00. The van der Waals surface area contributed by atoms with Crippen molar-refractivity contribution in [3.05, 3.63) is 64.7 Å². The fourth-order valence-corrected chi connectivity index (χ4v) is 5.52. The number of pyridine rings is 1. The van der Waals surface area contributed by atoms with Crippen LogP contribution in [0.25, 0.3) is 22.5 Å². The second-order valence-electron chi connectivity index (χ2n) is 8.78. The van der Waals surface area contributed by atoms with Gasteiger partial charge < -0.3 is 20.3 Å². The molecule has 31 heavy (non-hydrogen) atoms. The summed E-state index contributed by atoms with van der Waals surface area (Å²) >= 11 is 0. The normalized spacial score (nSPS) is 17.0. The molecule has 5 rings (SSSR count). The number of likely N-dealkylation sites (tertiary alicyclic amines) is 1. The molecular weight excluding hydrogens is 395 g/mol. The van der Waals surface area contributed by atoms with E-state index in [4.69, 9.17) is 5.73 Å². The van der Waals surface area contributed by atoms with Gasteiger partial charge in [-0.15, -0.1) is 0 Å². The van der Waals surface area contributed by atoms with Crippen molar-refractivity contribution in [3.63, 3.8) is 0 Å². The first-order valence-corrected chi connectivity index (χ1v) is 10.4. The Kier molecular flexibility index (Phi) is 4.50. The number of halogens is 1. The molecule has 0 unspecified atom stereocenters. The molecule has 7 heteroatoms. The smallest absolute Gasteiger partial charge is 0.337 e. The summed E-state index contributed by atoms with van der Waals surface area (Å²) in [5.41, 5.74) is 11.6. The topological polar surface area (TPSA) is 84.4 Å². The van der Waals surface area contributed by atoms with E-state index in [0.717, 1.165) is 41.2 Å². The highest BCUT2D eigenvalue weighted by Crippen LogP contribution is 2.45. The number of carboxylic acids is 1. The molecule has 1 aliphatic heterocycles. The van der Waals surface area contributed by atoms with Crippen LogP contribution in [0.15, 0.2) is 36.5 Å². The van der Waals surface area contributed by atoms with E-state index in [1.54, 1.807) is 24.4 Å². The van der Waals surface area contributed by atoms with Crippen LogP contribution < -0.4 is 5.73 Å². The first kappa shape index (κ1) is 19.9. The fourth-order valence-electron chi connectivity index (χ4n) is 5.52. The summed E-state index contributed by atoms with van der Waals surface area (Å²) < 4.78 is 16.4. The third-order valence-corrected chi connectivity index (χ3v) is 6.78. The number of carbonyl (C=O) groups is 1. The largest absolute Gasteiger partial charge is 0.478 e. The van der Waals surface area contributed by atoms with Gasteiger partial charge in [0.15, 0.2) is 0 Å². The molecule has 1 saturated heterocycles. The second-order valence-corrected chi connectivity index (χ2v) is 8.78. The van der Waals surface area contributed by atoms with Crippen LogP contribution in [0.1, 0.15) is 27.2 Å². The maximum absolute atomic E-state index is 14.4. The Labute approximate surface area is 180 Å². The van der Waals surface area contributed by atoms with Crippen molar-refractivity contribution < 1.29 is 14.3 Å². The lowest BCUT2D eigenvalue weighted by molar-refractivity contribution is 0.0669. The van der Waals surface area contributed by atoms with Gasteiger partial charge in [0.25, 0.3) is 0 Å². The number of hydrogen-bond donors (Lipinski definition) is 2. The number of benzene rings is 1. The lowest BCUT2D eigenvalue weighted by Crippen LogP contribution is -2.62. The molecule has 1 fully saturated rings. The summed E-state index contributed by atoms with van der Waals surface area (Å²) in [6.07, 6.45) is 3.13. The minimum Gasteiger partial charge on any atom is -0.478 e. The van der Waals surface area contributed by atoms with Crippen molar-refractivity contribution in [3.8, 4) is 22.5 Å². The maximum Gasteiger partial charge on any atom is 0.337 e. The Hall–Kier alpha value is -3.03. The Bertz CT molecular complexity index is 1210. The van der Waals surface area contributed by atoms with Gasteiger partial charge >= 0.3 is 5.97 Å². The molecule has 0 spiro atoms.